The van der Waals surface area contributed by atoms with Crippen molar-refractivity contribution in [1.29, 1.82) is 0 Å². The molecule has 2 rings (SSSR count). The van der Waals surface area contributed by atoms with Crippen LogP contribution in [0.15, 0.2) is 12.4 Å². The Morgan fingerprint density at radius 1 is 1.50 bits per heavy atom. The van der Waals surface area contributed by atoms with Crippen molar-refractivity contribution in [3.05, 3.63) is 12.4 Å². The van der Waals surface area contributed by atoms with E-state index in [-0.39, 0.29) is 5.54 Å². The number of piperazine rings is 1. The molecule has 14 heavy (non-hydrogen) atoms. The zero-order valence-corrected chi connectivity index (χ0v) is 9.12. The van der Waals surface area contributed by atoms with Crippen molar-refractivity contribution in [2.45, 2.75) is 19.4 Å². The van der Waals surface area contributed by atoms with Crippen LogP contribution >= 0.6 is 0 Å². The van der Waals surface area contributed by atoms with Crippen molar-refractivity contribution in [2.24, 2.45) is 7.05 Å². The Hall–Kier alpha value is -1.03. The van der Waals surface area contributed by atoms with E-state index in [1.807, 2.05) is 19.4 Å². The number of hydrogen-bond donors (Lipinski definition) is 1. The van der Waals surface area contributed by atoms with E-state index in [4.69, 9.17) is 0 Å². The van der Waals surface area contributed by atoms with Crippen LogP contribution in [-0.4, -0.2) is 34.7 Å². The van der Waals surface area contributed by atoms with Crippen molar-refractivity contribution < 1.29 is 0 Å². The second-order valence-corrected chi connectivity index (χ2v) is 4.57. The normalized spacial score (nSPS) is 21.2. The highest BCUT2D eigenvalue weighted by molar-refractivity contribution is 5.33. The minimum Gasteiger partial charge on any atom is -0.339 e. The van der Waals surface area contributed by atoms with Gasteiger partial charge >= 0.3 is 0 Å². The molecule has 4 nitrogen and oxygen atoms in total. The highest BCUT2D eigenvalue weighted by atomic mass is 15.3. The van der Waals surface area contributed by atoms with Gasteiger partial charge in [0.15, 0.2) is 0 Å². The minimum absolute atomic E-state index is 0.185. The van der Waals surface area contributed by atoms with E-state index in [9.17, 15) is 0 Å². The van der Waals surface area contributed by atoms with Gasteiger partial charge in [0, 0.05) is 44.6 Å². The van der Waals surface area contributed by atoms with Crippen molar-refractivity contribution in [1.82, 2.24) is 14.9 Å². The van der Waals surface area contributed by atoms with Gasteiger partial charge in [-0.15, -0.1) is 0 Å². The summed E-state index contributed by atoms with van der Waals surface area (Å²) in [5.74, 6) is 1.07. The molecule has 1 fully saturated rings. The van der Waals surface area contributed by atoms with Gasteiger partial charge in [0.25, 0.3) is 0 Å². The number of aromatic nitrogens is 2. The first-order valence-electron chi connectivity index (χ1n) is 5.06. The van der Waals surface area contributed by atoms with Crippen molar-refractivity contribution in [3.8, 4) is 0 Å². The van der Waals surface area contributed by atoms with E-state index in [0.29, 0.717) is 0 Å². The Bertz CT molecular complexity index is 316. The van der Waals surface area contributed by atoms with Gasteiger partial charge in [-0.3, -0.25) is 0 Å². The number of anilines is 1. The number of hydrogen-bond acceptors (Lipinski definition) is 3. The molecule has 1 aromatic heterocycles. The Kier molecular flexibility index (Phi) is 2.23. The van der Waals surface area contributed by atoms with Crippen molar-refractivity contribution in [2.75, 3.05) is 24.5 Å². The van der Waals surface area contributed by atoms with Gasteiger partial charge in [-0.25, -0.2) is 4.98 Å². The topological polar surface area (TPSA) is 33.1 Å². The maximum Gasteiger partial charge on any atom is 0.205 e. The predicted molar refractivity (Wildman–Crippen MR) is 57.5 cm³/mol. The van der Waals surface area contributed by atoms with Gasteiger partial charge in [-0.05, 0) is 13.8 Å². The maximum atomic E-state index is 4.37. The van der Waals surface area contributed by atoms with E-state index < -0.39 is 0 Å². The first-order valence-corrected chi connectivity index (χ1v) is 5.06. The van der Waals surface area contributed by atoms with Crippen molar-refractivity contribution in [3.63, 3.8) is 0 Å². The molecule has 1 aliphatic heterocycles. The van der Waals surface area contributed by atoms with E-state index in [0.717, 1.165) is 25.6 Å². The lowest BCUT2D eigenvalue weighted by atomic mass is 10.0. The second-order valence-electron chi connectivity index (χ2n) is 4.57. The molecular formula is C10H18N4. The summed E-state index contributed by atoms with van der Waals surface area (Å²) in [6.45, 7) is 7.52. The molecule has 2 heterocycles. The number of nitrogens with zero attached hydrogens (tertiary/aromatic N) is 3. The van der Waals surface area contributed by atoms with Gasteiger partial charge in [0.1, 0.15) is 0 Å². The summed E-state index contributed by atoms with van der Waals surface area (Å²) in [5.41, 5.74) is 0.185. The highest BCUT2D eigenvalue weighted by Crippen LogP contribution is 2.16. The van der Waals surface area contributed by atoms with Crippen LogP contribution in [0.2, 0.25) is 0 Å². The summed E-state index contributed by atoms with van der Waals surface area (Å²) in [7, 11) is 2.04. The molecule has 4 heteroatoms. The molecule has 0 aromatic carbocycles. The molecular weight excluding hydrogens is 176 g/mol. The van der Waals surface area contributed by atoms with Gasteiger partial charge in [0.05, 0.1) is 0 Å². The molecule has 1 saturated heterocycles. The summed E-state index contributed by atoms with van der Waals surface area (Å²) in [5, 5.41) is 3.49. The molecule has 1 aliphatic rings. The number of nitrogens with one attached hydrogen (secondary N) is 1. The first kappa shape index (κ1) is 9.52. The number of rotatable bonds is 1. The number of aryl methyl sites for hydroxylation is 1. The number of imidazole rings is 1. The Morgan fingerprint density at radius 3 is 2.86 bits per heavy atom. The fourth-order valence-corrected chi connectivity index (χ4v) is 1.97. The summed E-state index contributed by atoms with van der Waals surface area (Å²) in [6.07, 6.45) is 3.84. The van der Waals surface area contributed by atoms with Crippen LogP contribution in [0.25, 0.3) is 0 Å². The standard InChI is InChI=1S/C10H18N4/c1-10(2)8-14(7-5-12-10)9-11-4-6-13(9)3/h4,6,12H,5,7-8H2,1-3H3. The SMILES string of the molecule is Cn1ccnc1N1CCNC(C)(C)C1. The van der Waals surface area contributed by atoms with Gasteiger partial charge < -0.3 is 14.8 Å². The molecule has 0 unspecified atom stereocenters. The molecule has 0 atom stereocenters. The lowest BCUT2D eigenvalue weighted by molar-refractivity contribution is 0.349. The largest absolute Gasteiger partial charge is 0.339 e. The molecule has 0 saturated carbocycles. The molecule has 0 bridgehead atoms. The van der Waals surface area contributed by atoms with Gasteiger partial charge in [-0.1, -0.05) is 0 Å². The van der Waals surface area contributed by atoms with E-state index in [1.165, 1.54) is 0 Å². The van der Waals surface area contributed by atoms with Crippen LogP contribution in [0, 0.1) is 0 Å². The van der Waals surface area contributed by atoms with Crippen LogP contribution in [0.4, 0.5) is 5.95 Å². The Labute approximate surface area is 84.9 Å². The summed E-state index contributed by atoms with van der Waals surface area (Å²) in [4.78, 5) is 6.70. The molecule has 78 valence electrons. The highest BCUT2D eigenvalue weighted by Gasteiger charge is 2.27. The fraction of sp³-hybridized carbons (Fsp3) is 0.700. The molecule has 0 radical (unpaired) electrons. The van der Waals surface area contributed by atoms with E-state index in [2.05, 4.69) is 33.6 Å². The molecule has 1 N–H and O–H groups in total. The third-order valence-electron chi connectivity index (χ3n) is 2.65. The summed E-state index contributed by atoms with van der Waals surface area (Å²) < 4.78 is 2.07. The van der Waals surface area contributed by atoms with Crippen LogP contribution in [-0.2, 0) is 7.05 Å². The van der Waals surface area contributed by atoms with Crippen LogP contribution < -0.4 is 10.2 Å². The zero-order chi connectivity index (χ0) is 10.2. The smallest absolute Gasteiger partial charge is 0.205 e. The fourth-order valence-electron chi connectivity index (χ4n) is 1.97. The minimum atomic E-state index is 0.185. The molecule has 0 spiro atoms. The first-order chi connectivity index (χ1) is 6.58. The van der Waals surface area contributed by atoms with E-state index >= 15 is 0 Å². The van der Waals surface area contributed by atoms with Crippen LogP contribution in [0.1, 0.15) is 13.8 Å². The maximum absolute atomic E-state index is 4.37. The van der Waals surface area contributed by atoms with Gasteiger partial charge in [0.2, 0.25) is 5.95 Å². The van der Waals surface area contributed by atoms with E-state index in [1.54, 1.807) is 0 Å². The molecule has 0 aliphatic carbocycles. The third kappa shape index (κ3) is 1.75. The second kappa shape index (κ2) is 3.28. The predicted octanol–water partition coefficient (Wildman–Crippen LogP) is 0.608. The Balaban J connectivity index is 2.16. The lowest BCUT2D eigenvalue weighted by Crippen LogP contribution is -2.57. The summed E-state index contributed by atoms with van der Waals surface area (Å²) >= 11 is 0. The quantitative estimate of drug-likeness (QED) is 0.711. The van der Waals surface area contributed by atoms with Gasteiger partial charge in [-0.2, -0.15) is 0 Å². The lowest BCUT2D eigenvalue weighted by Gasteiger charge is -2.39. The monoisotopic (exact) mass is 194 g/mol. The molecule has 0 amide bonds. The average Bonchev–Trinajstić information content (AvgIpc) is 2.49. The zero-order valence-electron chi connectivity index (χ0n) is 9.12. The third-order valence-corrected chi connectivity index (χ3v) is 2.65. The summed E-state index contributed by atoms with van der Waals surface area (Å²) in [6, 6.07) is 0. The molecule has 1 aromatic rings. The Morgan fingerprint density at radius 2 is 2.29 bits per heavy atom. The van der Waals surface area contributed by atoms with Crippen LogP contribution in [0.3, 0.4) is 0 Å². The van der Waals surface area contributed by atoms with Crippen molar-refractivity contribution >= 4 is 5.95 Å². The average molecular weight is 194 g/mol. The van der Waals surface area contributed by atoms with Crippen LogP contribution in [0.5, 0.6) is 0 Å².